The molecule has 3 rings (SSSR count). The number of aryl methyl sites for hydroxylation is 2. The number of amides is 2. The maximum atomic E-state index is 12.4. The number of anilines is 1. The molecule has 0 aliphatic carbocycles. The van der Waals surface area contributed by atoms with Crippen molar-refractivity contribution >= 4 is 38.3 Å². The summed E-state index contributed by atoms with van der Waals surface area (Å²) in [5, 5.41) is 7.21. The van der Waals surface area contributed by atoms with Crippen LogP contribution < -0.4 is 15.4 Å². The molecule has 31 heavy (non-hydrogen) atoms. The van der Waals surface area contributed by atoms with Gasteiger partial charge in [0, 0.05) is 24.0 Å². The van der Waals surface area contributed by atoms with Gasteiger partial charge in [-0.2, -0.15) is 0 Å². The van der Waals surface area contributed by atoms with E-state index in [0.29, 0.717) is 11.3 Å². The van der Waals surface area contributed by atoms with Crippen molar-refractivity contribution in [2.24, 2.45) is 0 Å². The van der Waals surface area contributed by atoms with E-state index in [1.54, 1.807) is 31.2 Å². The van der Waals surface area contributed by atoms with Gasteiger partial charge in [0.1, 0.15) is 0 Å². The quantitative estimate of drug-likeness (QED) is 0.502. The van der Waals surface area contributed by atoms with Gasteiger partial charge in [0.05, 0.1) is 11.4 Å². The van der Waals surface area contributed by atoms with Crippen LogP contribution in [0, 0.1) is 13.8 Å². The maximum absolute atomic E-state index is 12.4. The van der Waals surface area contributed by atoms with Crippen LogP contribution in [0.25, 0.3) is 10.8 Å². The first-order valence-electron chi connectivity index (χ1n) is 9.87. The Kier molecular flexibility index (Phi) is 7.04. The van der Waals surface area contributed by atoms with E-state index in [0.717, 1.165) is 16.3 Å². The number of fused-ring (bicyclic) bond motifs is 1. The lowest BCUT2D eigenvalue weighted by atomic mass is 10.1. The second-order valence-electron chi connectivity index (χ2n) is 7.27. The molecule has 0 bridgehead atoms. The van der Waals surface area contributed by atoms with E-state index in [4.69, 9.17) is 0 Å². The van der Waals surface area contributed by atoms with Crippen LogP contribution in [0.1, 0.15) is 17.5 Å². The number of rotatable bonds is 8. The first kappa shape index (κ1) is 22.5. The Labute approximate surface area is 181 Å². The Morgan fingerprint density at radius 1 is 0.903 bits per heavy atom. The molecule has 0 fully saturated rings. The molecule has 3 aromatic rings. The average Bonchev–Trinajstić information content (AvgIpc) is 2.72. The molecule has 0 atom stereocenters. The summed E-state index contributed by atoms with van der Waals surface area (Å²) in [7, 11) is -3.71. The summed E-state index contributed by atoms with van der Waals surface area (Å²) in [5.74, 6) is -0.781. The van der Waals surface area contributed by atoms with Crippen molar-refractivity contribution in [3.63, 3.8) is 0 Å². The van der Waals surface area contributed by atoms with Gasteiger partial charge in [0.25, 0.3) is 0 Å². The van der Waals surface area contributed by atoms with E-state index in [1.165, 1.54) is 0 Å². The van der Waals surface area contributed by atoms with E-state index < -0.39 is 15.9 Å². The Hall–Kier alpha value is -3.23. The minimum atomic E-state index is -3.71. The average molecular weight is 440 g/mol. The highest BCUT2D eigenvalue weighted by atomic mass is 32.2. The Morgan fingerprint density at radius 3 is 2.42 bits per heavy atom. The molecule has 0 spiro atoms. The molecule has 0 saturated heterocycles. The van der Waals surface area contributed by atoms with E-state index in [2.05, 4.69) is 15.4 Å². The van der Waals surface area contributed by atoms with Crippen LogP contribution in [0.3, 0.4) is 0 Å². The zero-order chi connectivity index (χ0) is 22.4. The summed E-state index contributed by atoms with van der Waals surface area (Å²) in [6, 6.07) is 18.3. The van der Waals surface area contributed by atoms with Gasteiger partial charge in [-0.05, 0) is 36.9 Å². The lowest BCUT2D eigenvalue weighted by molar-refractivity contribution is -0.124. The third kappa shape index (κ3) is 5.90. The molecule has 0 aromatic heterocycles. The smallest absolute Gasteiger partial charge is 0.243 e. The summed E-state index contributed by atoms with van der Waals surface area (Å²) in [4.78, 5) is 24.4. The molecule has 0 heterocycles. The van der Waals surface area contributed by atoms with E-state index in [1.807, 2.05) is 43.3 Å². The molecule has 8 heteroatoms. The standard InChI is InChI=1S/C23H25N3O4S/c1-16-10-11-21(17(2)14-16)31(29,30)25-13-12-22(27)24-15-23(28)26-20-9-5-7-18-6-3-4-8-19(18)20/h3-11,14,25H,12-13,15H2,1-2H3,(H,24,27)(H,26,28). The summed E-state index contributed by atoms with van der Waals surface area (Å²) < 4.78 is 27.3. The fraction of sp³-hybridized carbons (Fsp3) is 0.217. The van der Waals surface area contributed by atoms with E-state index >= 15 is 0 Å². The molecule has 7 nitrogen and oxygen atoms in total. The van der Waals surface area contributed by atoms with Crippen LogP contribution in [0.2, 0.25) is 0 Å². The first-order chi connectivity index (χ1) is 14.8. The van der Waals surface area contributed by atoms with Gasteiger partial charge >= 0.3 is 0 Å². The number of hydrogen-bond donors (Lipinski definition) is 3. The molecule has 0 saturated carbocycles. The molecule has 0 aliphatic heterocycles. The lowest BCUT2D eigenvalue weighted by Crippen LogP contribution is -2.35. The topological polar surface area (TPSA) is 104 Å². The van der Waals surface area contributed by atoms with Gasteiger partial charge in [-0.15, -0.1) is 0 Å². The number of nitrogens with one attached hydrogen (secondary N) is 3. The molecule has 0 unspecified atom stereocenters. The normalized spacial score (nSPS) is 11.3. The maximum Gasteiger partial charge on any atom is 0.243 e. The number of sulfonamides is 1. The largest absolute Gasteiger partial charge is 0.347 e. The van der Waals surface area contributed by atoms with Crippen LogP contribution in [0.5, 0.6) is 0 Å². The Morgan fingerprint density at radius 2 is 1.65 bits per heavy atom. The van der Waals surface area contributed by atoms with Gasteiger partial charge in [-0.1, -0.05) is 54.1 Å². The molecule has 3 N–H and O–H groups in total. The second-order valence-corrected chi connectivity index (χ2v) is 9.00. The summed E-state index contributed by atoms with van der Waals surface area (Å²) in [6.45, 7) is 3.35. The summed E-state index contributed by atoms with van der Waals surface area (Å²) in [5.41, 5.74) is 2.28. The van der Waals surface area contributed by atoms with E-state index in [-0.39, 0.29) is 30.3 Å². The van der Waals surface area contributed by atoms with Crippen molar-refractivity contribution in [2.75, 3.05) is 18.4 Å². The number of benzene rings is 3. The van der Waals surface area contributed by atoms with Crippen molar-refractivity contribution < 1.29 is 18.0 Å². The van der Waals surface area contributed by atoms with Crippen molar-refractivity contribution in [2.45, 2.75) is 25.2 Å². The number of hydrogen-bond acceptors (Lipinski definition) is 4. The fourth-order valence-electron chi connectivity index (χ4n) is 3.27. The van der Waals surface area contributed by atoms with Crippen molar-refractivity contribution in [1.82, 2.24) is 10.0 Å². The predicted octanol–water partition coefficient (Wildman–Crippen LogP) is 2.88. The summed E-state index contributed by atoms with van der Waals surface area (Å²) >= 11 is 0. The molecule has 2 amide bonds. The van der Waals surface area contributed by atoms with Crippen LogP contribution in [-0.4, -0.2) is 33.3 Å². The molecule has 0 aliphatic rings. The highest BCUT2D eigenvalue weighted by Gasteiger charge is 2.17. The predicted molar refractivity (Wildman–Crippen MR) is 121 cm³/mol. The van der Waals surface area contributed by atoms with E-state index in [9.17, 15) is 18.0 Å². The molecular weight excluding hydrogens is 414 g/mol. The van der Waals surface area contributed by atoms with Gasteiger partial charge < -0.3 is 10.6 Å². The van der Waals surface area contributed by atoms with Gasteiger partial charge in [-0.25, -0.2) is 13.1 Å². The third-order valence-corrected chi connectivity index (χ3v) is 6.40. The highest BCUT2D eigenvalue weighted by molar-refractivity contribution is 7.89. The number of carbonyl (C=O) groups is 2. The van der Waals surface area contributed by atoms with Crippen LogP contribution in [-0.2, 0) is 19.6 Å². The van der Waals surface area contributed by atoms with Gasteiger partial charge in [0.2, 0.25) is 21.8 Å². The number of carbonyl (C=O) groups excluding carboxylic acids is 2. The zero-order valence-corrected chi connectivity index (χ0v) is 18.3. The highest BCUT2D eigenvalue weighted by Crippen LogP contribution is 2.22. The van der Waals surface area contributed by atoms with Crippen LogP contribution in [0.4, 0.5) is 5.69 Å². The third-order valence-electron chi connectivity index (χ3n) is 4.77. The minimum absolute atomic E-state index is 0.0631. The fourth-order valence-corrected chi connectivity index (χ4v) is 4.53. The molecule has 3 aromatic carbocycles. The lowest BCUT2D eigenvalue weighted by Gasteiger charge is -2.11. The monoisotopic (exact) mass is 439 g/mol. The van der Waals surface area contributed by atoms with Gasteiger partial charge in [0.15, 0.2) is 0 Å². The van der Waals surface area contributed by atoms with Crippen molar-refractivity contribution in [1.29, 1.82) is 0 Å². The Bertz CT molecular complexity index is 1220. The van der Waals surface area contributed by atoms with Crippen molar-refractivity contribution in [3.8, 4) is 0 Å². The van der Waals surface area contributed by atoms with Crippen LogP contribution in [0.15, 0.2) is 65.6 Å². The SMILES string of the molecule is Cc1ccc(S(=O)(=O)NCCC(=O)NCC(=O)Nc2cccc3ccccc23)c(C)c1. The zero-order valence-electron chi connectivity index (χ0n) is 17.4. The van der Waals surface area contributed by atoms with Gasteiger partial charge in [-0.3, -0.25) is 9.59 Å². The molecular formula is C23H25N3O4S. The van der Waals surface area contributed by atoms with Crippen molar-refractivity contribution in [3.05, 3.63) is 71.8 Å². The summed E-state index contributed by atoms with van der Waals surface area (Å²) in [6.07, 6.45) is -0.0777. The molecule has 0 radical (unpaired) electrons. The second kappa shape index (κ2) is 9.72. The first-order valence-corrected chi connectivity index (χ1v) is 11.4. The van der Waals surface area contributed by atoms with Crippen LogP contribution >= 0.6 is 0 Å². The molecule has 162 valence electrons. The minimum Gasteiger partial charge on any atom is -0.347 e. The Balaban J connectivity index is 1.47.